The van der Waals surface area contributed by atoms with Crippen molar-refractivity contribution in [3.05, 3.63) is 30.0 Å². The molecule has 2 rings (SSSR count). The lowest BCUT2D eigenvalue weighted by atomic mass is 10.1. The van der Waals surface area contributed by atoms with Crippen molar-refractivity contribution in [1.82, 2.24) is 10.2 Å². The maximum atomic E-state index is 10.2. The number of aliphatic hydroxyl groups is 1. The number of benzene rings is 1. The second-order valence-electron chi connectivity index (χ2n) is 3.06. The number of para-hydroxylation sites is 1. The second kappa shape index (κ2) is 4.10. The predicted molar refractivity (Wildman–Crippen MR) is 53.1 cm³/mol. The van der Waals surface area contributed by atoms with Crippen LogP contribution in [-0.4, -0.2) is 28.4 Å². The first-order valence-electron chi connectivity index (χ1n) is 4.49. The van der Waals surface area contributed by atoms with Crippen molar-refractivity contribution in [2.45, 2.75) is 6.10 Å². The predicted octanol–water partition coefficient (Wildman–Crippen LogP) is 0.769. The summed E-state index contributed by atoms with van der Waals surface area (Å²) < 4.78 is 4.73. The van der Waals surface area contributed by atoms with Gasteiger partial charge in [-0.3, -0.25) is 9.89 Å². The Morgan fingerprint density at radius 3 is 3.07 bits per heavy atom. The van der Waals surface area contributed by atoms with Gasteiger partial charge in [-0.2, -0.15) is 5.10 Å². The van der Waals surface area contributed by atoms with Crippen LogP contribution < -0.4 is 0 Å². The lowest BCUT2D eigenvalue weighted by molar-refractivity contribution is -0.136. The van der Waals surface area contributed by atoms with Crippen LogP contribution >= 0.6 is 0 Å². The summed E-state index contributed by atoms with van der Waals surface area (Å²) in [5.41, 5.74) is 1.39. The molecule has 0 aliphatic rings. The molecule has 1 heterocycles. The highest BCUT2D eigenvalue weighted by Gasteiger charge is 2.17. The number of aromatic nitrogens is 2. The molecule has 0 saturated heterocycles. The van der Waals surface area contributed by atoms with E-state index in [9.17, 15) is 4.79 Å². The largest absolute Gasteiger partial charge is 0.455 e. The van der Waals surface area contributed by atoms with Crippen LogP contribution in [0.1, 0.15) is 11.8 Å². The van der Waals surface area contributed by atoms with Gasteiger partial charge in [0.1, 0.15) is 5.69 Å². The Hall–Kier alpha value is -1.88. The van der Waals surface area contributed by atoms with Gasteiger partial charge in [0.2, 0.25) is 0 Å². The molecule has 5 heteroatoms. The van der Waals surface area contributed by atoms with Crippen LogP contribution in [0.4, 0.5) is 0 Å². The molecule has 1 atom stereocenters. The van der Waals surface area contributed by atoms with Gasteiger partial charge in [0.05, 0.1) is 12.1 Å². The summed E-state index contributed by atoms with van der Waals surface area (Å²) in [7, 11) is 0. The van der Waals surface area contributed by atoms with Crippen LogP contribution in [0.5, 0.6) is 0 Å². The van der Waals surface area contributed by atoms with E-state index in [-0.39, 0.29) is 6.61 Å². The second-order valence-corrected chi connectivity index (χ2v) is 3.06. The molecule has 1 aromatic heterocycles. The lowest BCUT2D eigenvalue weighted by Crippen LogP contribution is -2.08. The molecule has 0 aliphatic carbocycles. The van der Waals surface area contributed by atoms with Crippen molar-refractivity contribution in [3.63, 3.8) is 0 Å². The molecule has 2 aromatic rings. The molecule has 0 spiro atoms. The molecular weight excluding hydrogens is 196 g/mol. The first-order valence-corrected chi connectivity index (χ1v) is 4.49. The number of H-pyrrole nitrogens is 1. The Morgan fingerprint density at radius 2 is 2.33 bits per heavy atom. The minimum absolute atomic E-state index is 0.284. The molecule has 0 radical (unpaired) electrons. The number of fused-ring (bicyclic) bond motifs is 1. The van der Waals surface area contributed by atoms with E-state index in [4.69, 9.17) is 9.84 Å². The molecule has 15 heavy (non-hydrogen) atoms. The molecular formula is C10H10N2O3. The van der Waals surface area contributed by atoms with Gasteiger partial charge in [0, 0.05) is 5.39 Å². The number of carbonyl (C=O) groups excluding carboxylic acids is 1. The number of ether oxygens (including phenoxy) is 1. The van der Waals surface area contributed by atoms with Gasteiger partial charge in [0.15, 0.2) is 6.10 Å². The van der Waals surface area contributed by atoms with Gasteiger partial charge in [-0.15, -0.1) is 0 Å². The van der Waals surface area contributed by atoms with Gasteiger partial charge < -0.3 is 9.84 Å². The quantitative estimate of drug-likeness (QED) is 0.724. The summed E-state index contributed by atoms with van der Waals surface area (Å²) >= 11 is 0. The summed E-state index contributed by atoms with van der Waals surface area (Å²) in [6, 6.07) is 7.45. The van der Waals surface area contributed by atoms with Crippen molar-refractivity contribution < 1.29 is 14.6 Å². The maximum absolute atomic E-state index is 10.2. The number of carbonyl (C=O) groups is 1. The first-order chi connectivity index (χ1) is 7.36. The van der Waals surface area contributed by atoms with Crippen molar-refractivity contribution in [1.29, 1.82) is 0 Å². The van der Waals surface area contributed by atoms with Gasteiger partial charge in [0.25, 0.3) is 6.47 Å². The third kappa shape index (κ3) is 1.69. The van der Waals surface area contributed by atoms with E-state index in [1.165, 1.54) is 0 Å². The smallest absolute Gasteiger partial charge is 0.293 e. The van der Waals surface area contributed by atoms with Crippen molar-refractivity contribution in [2.24, 2.45) is 0 Å². The van der Waals surface area contributed by atoms with Gasteiger partial charge in [-0.05, 0) is 6.07 Å². The van der Waals surface area contributed by atoms with Gasteiger partial charge >= 0.3 is 0 Å². The Balaban J connectivity index is 2.45. The van der Waals surface area contributed by atoms with Crippen LogP contribution in [0.25, 0.3) is 10.9 Å². The van der Waals surface area contributed by atoms with Crippen LogP contribution in [0.15, 0.2) is 24.3 Å². The molecule has 1 aromatic carbocycles. The summed E-state index contributed by atoms with van der Waals surface area (Å²) in [4.78, 5) is 10.2. The first kappa shape index (κ1) is 9.67. The minimum Gasteiger partial charge on any atom is -0.455 e. The summed E-state index contributed by atoms with van der Waals surface area (Å²) in [6.45, 7) is 0.0257. The standard InChI is InChI=1S/C10H10N2O3/c13-5-9(15-6-14)10-7-3-1-2-4-8(7)11-12-10/h1-4,6,9,13H,5H2,(H,11,12). The van der Waals surface area contributed by atoms with Crippen LogP contribution in [0, 0.1) is 0 Å². The monoisotopic (exact) mass is 206 g/mol. The third-order valence-electron chi connectivity index (χ3n) is 2.19. The number of rotatable bonds is 4. The fourth-order valence-electron chi connectivity index (χ4n) is 1.49. The van der Waals surface area contributed by atoms with Gasteiger partial charge in [-0.25, -0.2) is 0 Å². The normalized spacial score (nSPS) is 12.6. The van der Waals surface area contributed by atoms with Crippen LogP contribution in [0.3, 0.4) is 0 Å². The summed E-state index contributed by atoms with van der Waals surface area (Å²) in [5, 5.41) is 16.7. The molecule has 0 bridgehead atoms. The Morgan fingerprint density at radius 1 is 1.53 bits per heavy atom. The average Bonchev–Trinajstić information content (AvgIpc) is 2.70. The van der Waals surface area contributed by atoms with E-state index in [1.54, 1.807) is 0 Å². The lowest BCUT2D eigenvalue weighted by Gasteiger charge is -2.08. The van der Waals surface area contributed by atoms with E-state index in [0.717, 1.165) is 10.9 Å². The highest BCUT2D eigenvalue weighted by Crippen LogP contribution is 2.22. The molecule has 78 valence electrons. The van der Waals surface area contributed by atoms with Gasteiger partial charge in [-0.1, -0.05) is 18.2 Å². The zero-order valence-electron chi connectivity index (χ0n) is 7.88. The molecule has 5 nitrogen and oxygen atoms in total. The molecule has 0 amide bonds. The van der Waals surface area contributed by atoms with Crippen molar-refractivity contribution >= 4 is 17.4 Å². The number of aromatic amines is 1. The van der Waals surface area contributed by atoms with Crippen LogP contribution in [-0.2, 0) is 9.53 Å². The highest BCUT2D eigenvalue weighted by atomic mass is 16.5. The maximum Gasteiger partial charge on any atom is 0.293 e. The van der Waals surface area contributed by atoms with Crippen molar-refractivity contribution in [3.8, 4) is 0 Å². The zero-order chi connectivity index (χ0) is 10.7. The Labute approximate surface area is 85.7 Å². The summed E-state index contributed by atoms with van der Waals surface area (Å²) in [6.07, 6.45) is -0.710. The topological polar surface area (TPSA) is 75.2 Å². The molecule has 0 fully saturated rings. The number of aliphatic hydroxyl groups excluding tert-OH is 1. The fraction of sp³-hybridized carbons (Fsp3) is 0.200. The van der Waals surface area contributed by atoms with Crippen molar-refractivity contribution in [2.75, 3.05) is 6.61 Å². The molecule has 1 unspecified atom stereocenters. The highest BCUT2D eigenvalue weighted by molar-refractivity contribution is 5.81. The zero-order valence-corrected chi connectivity index (χ0v) is 7.88. The van der Waals surface area contributed by atoms with E-state index in [1.807, 2.05) is 24.3 Å². The fourth-order valence-corrected chi connectivity index (χ4v) is 1.49. The van der Waals surface area contributed by atoms with E-state index in [2.05, 4.69) is 10.2 Å². The Bertz CT molecular complexity index is 466. The number of nitrogens with one attached hydrogen (secondary N) is 1. The molecule has 2 N–H and O–H groups in total. The number of nitrogens with zero attached hydrogens (tertiary/aromatic N) is 1. The average molecular weight is 206 g/mol. The van der Waals surface area contributed by atoms with E-state index in [0.29, 0.717) is 12.2 Å². The van der Waals surface area contributed by atoms with Crippen LogP contribution in [0.2, 0.25) is 0 Å². The number of hydrogen-bond donors (Lipinski definition) is 2. The Kier molecular flexibility index (Phi) is 2.64. The SMILES string of the molecule is O=COC(CO)c1n[nH]c2ccccc12. The number of hydrogen-bond acceptors (Lipinski definition) is 4. The molecule has 0 aliphatic heterocycles. The minimum atomic E-state index is -0.710. The third-order valence-corrected chi connectivity index (χ3v) is 2.19. The summed E-state index contributed by atoms with van der Waals surface area (Å²) in [5.74, 6) is 0. The van der Waals surface area contributed by atoms with E-state index >= 15 is 0 Å². The van der Waals surface area contributed by atoms with E-state index < -0.39 is 6.10 Å². The molecule has 0 saturated carbocycles.